The van der Waals surface area contributed by atoms with E-state index in [2.05, 4.69) is 14.8 Å². The number of carbonyl (C=O) groups is 1. The zero-order valence-corrected chi connectivity index (χ0v) is 20.6. The molecule has 2 aromatic heterocycles. The first-order valence-corrected chi connectivity index (χ1v) is 12.3. The van der Waals surface area contributed by atoms with Gasteiger partial charge in [-0.05, 0) is 44.2 Å². The lowest BCUT2D eigenvalue weighted by Crippen LogP contribution is -2.33. The fourth-order valence-electron chi connectivity index (χ4n) is 4.25. The van der Waals surface area contributed by atoms with E-state index < -0.39 is 0 Å². The Morgan fingerprint density at radius 1 is 1.14 bits per heavy atom. The standard InChI is InChI=1S/C26H26N4O4S/c1-17-12-20(18(2)29(17)13-19-14-33-24-10-6-7-11-25(24)34-19)22(31)15-35-26-28-27-16-30(26)21-8-4-5-9-23(21)32-3/h4-12,16,19H,13-15H2,1-3H3. The molecular formula is C26H26N4O4S. The van der Waals surface area contributed by atoms with Crippen molar-refractivity contribution >= 4 is 17.5 Å². The van der Waals surface area contributed by atoms with Crippen LogP contribution in [-0.4, -0.2) is 50.7 Å². The molecule has 0 radical (unpaired) electrons. The van der Waals surface area contributed by atoms with Crippen LogP contribution in [0.2, 0.25) is 0 Å². The highest BCUT2D eigenvalue weighted by Crippen LogP contribution is 2.32. The summed E-state index contributed by atoms with van der Waals surface area (Å²) < 4.78 is 21.4. The maximum atomic E-state index is 13.2. The quantitative estimate of drug-likeness (QED) is 0.266. The Hall–Kier alpha value is -3.72. The van der Waals surface area contributed by atoms with Crippen molar-refractivity contribution in [2.45, 2.75) is 31.7 Å². The number of benzene rings is 2. The SMILES string of the molecule is COc1ccccc1-n1cnnc1SCC(=O)c1cc(C)n(CC2COc3ccccc3O2)c1C. The molecule has 2 aromatic carbocycles. The predicted octanol–water partition coefficient (Wildman–Crippen LogP) is 4.51. The van der Waals surface area contributed by atoms with E-state index >= 15 is 0 Å². The van der Waals surface area contributed by atoms with Crippen LogP contribution < -0.4 is 14.2 Å². The Morgan fingerprint density at radius 3 is 2.74 bits per heavy atom. The molecule has 0 amide bonds. The second-order valence-electron chi connectivity index (χ2n) is 8.26. The largest absolute Gasteiger partial charge is 0.495 e. The first kappa shape index (κ1) is 23.0. The molecule has 0 aliphatic carbocycles. The summed E-state index contributed by atoms with van der Waals surface area (Å²) in [6.07, 6.45) is 1.49. The number of fused-ring (bicyclic) bond motifs is 1. The second-order valence-corrected chi connectivity index (χ2v) is 9.20. The van der Waals surface area contributed by atoms with Gasteiger partial charge >= 0.3 is 0 Å². The van der Waals surface area contributed by atoms with E-state index in [0.717, 1.165) is 28.6 Å². The Balaban J connectivity index is 1.28. The van der Waals surface area contributed by atoms with Crippen molar-refractivity contribution in [3.8, 4) is 22.9 Å². The number of thioether (sulfide) groups is 1. The maximum Gasteiger partial charge on any atom is 0.196 e. The number of ketones is 1. The highest BCUT2D eigenvalue weighted by Gasteiger charge is 2.24. The number of methoxy groups -OCH3 is 1. The average molecular weight is 491 g/mol. The Bertz CT molecular complexity index is 1360. The zero-order chi connectivity index (χ0) is 24.4. The van der Waals surface area contributed by atoms with E-state index in [1.165, 1.54) is 11.8 Å². The molecule has 0 fully saturated rings. The van der Waals surface area contributed by atoms with Crippen LogP contribution >= 0.6 is 11.8 Å². The lowest BCUT2D eigenvalue weighted by Gasteiger charge is -2.27. The number of para-hydroxylation sites is 4. The average Bonchev–Trinajstić information content (AvgIpc) is 3.47. The van der Waals surface area contributed by atoms with E-state index in [1.807, 2.05) is 73.0 Å². The van der Waals surface area contributed by atoms with Gasteiger partial charge in [0.05, 0.1) is 25.1 Å². The molecule has 0 saturated carbocycles. The molecular weight excluding hydrogens is 464 g/mol. The molecule has 180 valence electrons. The minimum absolute atomic E-state index is 0.0371. The molecule has 1 aliphatic heterocycles. The normalized spacial score (nSPS) is 14.7. The number of hydrogen-bond acceptors (Lipinski definition) is 7. The van der Waals surface area contributed by atoms with Crippen molar-refractivity contribution in [1.82, 2.24) is 19.3 Å². The summed E-state index contributed by atoms with van der Waals surface area (Å²) in [6.45, 7) is 5.05. The van der Waals surface area contributed by atoms with Gasteiger partial charge < -0.3 is 18.8 Å². The van der Waals surface area contributed by atoms with E-state index in [4.69, 9.17) is 14.2 Å². The first-order chi connectivity index (χ1) is 17.0. The molecule has 3 heterocycles. The number of rotatable bonds is 8. The van der Waals surface area contributed by atoms with Gasteiger partial charge in [-0.2, -0.15) is 0 Å². The third kappa shape index (κ3) is 4.64. The van der Waals surface area contributed by atoms with Gasteiger partial charge in [-0.1, -0.05) is 36.0 Å². The molecule has 35 heavy (non-hydrogen) atoms. The van der Waals surface area contributed by atoms with Crippen LogP contribution in [0.3, 0.4) is 0 Å². The first-order valence-electron chi connectivity index (χ1n) is 11.3. The molecule has 0 spiro atoms. The van der Waals surface area contributed by atoms with Crippen LogP contribution in [0, 0.1) is 13.8 Å². The van der Waals surface area contributed by atoms with Crippen molar-refractivity contribution < 1.29 is 19.0 Å². The van der Waals surface area contributed by atoms with Crippen molar-refractivity contribution in [3.05, 3.63) is 77.9 Å². The van der Waals surface area contributed by atoms with Crippen molar-refractivity contribution in [1.29, 1.82) is 0 Å². The minimum atomic E-state index is -0.133. The number of carbonyl (C=O) groups excluding carboxylic acids is 1. The topological polar surface area (TPSA) is 80.4 Å². The molecule has 0 bridgehead atoms. The molecule has 0 saturated heterocycles. The number of ether oxygens (including phenoxy) is 3. The summed E-state index contributed by atoms with van der Waals surface area (Å²) in [4.78, 5) is 13.2. The van der Waals surface area contributed by atoms with E-state index in [1.54, 1.807) is 13.4 Å². The van der Waals surface area contributed by atoms with Gasteiger partial charge in [0.2, 0.25) is 0 Å². The summed E-state index contributed by atoms with van der Waals surface area (Å²) in [5.74, 6) is 2.50. The molecule has 1 aliphatic rings. The summed E-state index contributed by atoms with van der Waals surface area (Å²) in [6, 6.07) is 17.3. The monoisotopic (exact) mass is 490 g/mol. The second kappa shape index (κ2) is 9.87. The summed E-state index contributed by atoms with van der Waals surface area (Å²) in [7, 11) is 1.62. The number of nitrogens with zero attached hydrogens (tertiary/aromatic N) is 4. The van der Waals surface area contributed by atoms with E-state index in [-0.39, 0.29) is 17.6 Å². The number of aromatic nitrogens is 4. The van der Waals surface area contributed by atoms with Gasteiger partial charge in [0.25, 0.3) is 0 Å². The van der Waals surface area contributed by atoms with Crippen molar-refractivity contribution in [3.63, 3.8) is 0 Å². The number of aryl methyl sites for hydroxylation is 1. The van der Waals surface area contributed by atoms with E-state index in [0.29, 0.717) is 29.6 Å². The highest BCUT2D eigenvalue weighted by molar-refractivity contribution is 7.99. The Kier molecular flexibility index (Phi) is 6.50. The molecule has 9 heteroatoms. The van der Waals surface area contributed by atoms with Gasteiger partial charge in [-0.25, -0.2) is 0 Å². The van der Waals surface area contributed by atoms with Crippen LogP contribution in [0.5, 0.6) is 17.2 Å². The van der Waals surface area contributed by atoms with Crippen LogP contribution in [-0.2, 0) is 6.54 Å². The van der Waals surface area contributed by atoms with Crippen LogP contribution in [0.25, 0.3) is 5.69 Å². The lowest BCUT2D eigenvalue weighted by atomic mass is 10.2. The highest BCUT2D eigenvalue weighted by atomic mass is 32.2. The molecule has 8 nitrogen and oxygen atoms in total. The molecule has 1 atom stereocenters. The van der Waals surface area contributed by atoms with Crippen LogP contribution in [0.1, 0.15) is 21.7 Å². The van der Waals surface area contributed by atoms with Gasteiger partial charge in [0, 0.05) is 17.0 Å². The van der Waals surface area contributed by atoms with Crippen molar-refractivity contribution in [2.24, 2.45) is 0 Å². The van der Waals surface area contributed by atoms with Crippen molar-refractivity contribution in [2.75, 3.05) is 19.5 Å². The predicted molar refractivity (Wildman–Crippen MR) is 133 cm³/mol. The molecule has 5 rings (SSSR count). The molecule has 1 unspecified atom stereocenters. The molecule has 4 aromatic rings. The lowest BCUT2D eigenvalue weighted by molar-refractivity contribution is 0.0777. The Morgan fingerprint density at radius 2 is 1.91 bits per heavy atom. The van der Waals surface area contributed by atoms with Gasteiger partial charge in [-0.15, -0.1) is 10.2 Å². The van der Waals surface area contributed by atoms with E-state index in [9.17, 15) is 4.79 Å². The van der Waals surface area contributed by atoms with Crippen LogP contribution in [0.15, 0.2) is 66.1 Å². The number of hydrogen-bond donors (Lipinski definition) is 0. The zero-order valence-electron chi connectivity index (χ0n) is 19.8. The van der Waals surface area contributed by atoms with Gasteiger partial charge in [0.15, 0.2) is 28.5 Å². The third-order valence-corrected chi connectivity index (χ3v) is 6.96. The fraction of sp³-hybridized carbons (Fsp3) is 0.269. The van der Waals surface area contributed by atoms with Gasteiger partial charge in [0.1, 0.15) is 18.7 Å². The summed E-state index contributed by atoms with van der Waals surface area (Å²) in [5.41, 5.74) is 3.46. The molecule has 0 N–H and O–H groups in total. The fourth-order valence-corrected chi connectivity index (χ4v) is 5.05. The van der Waals surface area contributed by atoms with Gasteiger partial charge in [-0.3, -0.25) is 9.36 Å². The summed E-state index contributed by atoms with van der Waals surface area (Å²) in [5, 5.41) is 8.87. The number of Topliss-reactive ketones (excluding diaryl/α,β-unsaturated/α-hetero) is 1. The third-order valence-electron chi connectivity index (χ3n) is 6.02. The summed E-state index contributed by atoms with van der Waals surface area (Å²) >= 11 is 1.35. The maximum absolute atomic E-state index is 13.2. The minimum Gasteiger partial charge on any atom is -0.495 e. The van der Waals surface area contributed by atoms with Crippen LogP contribution in [0.4, 0.5) is 0 Å². The smallest absolute Gasteiger partial charge is 0.196 e. The Labute approximate surface area is 207 Å².